The van der Waals surface area contributed by atoms with Crippen LogP contribution in [0.4, 0.5) is 18.0 Å². The van der Waals surface area contributed by atoms with Crippen molar-refractivity contribution < 1.29 is 32.6 Å². The third-order valence-corrected chi connectivity index (χ3v) is 2.96. The van der Waals surface area contributed by atoms with Gasteiger partial charge >= 0.3 is 18.2 Å². The number of ether oxygens (including phenoxy) is 1. The van der Waals surface area contributed by atoms with Crippen molar-refractivity contribution in [1.29, 1.82) is 0 Å². The predicted octanol–water partition coefficient (Wildman–Crippen LogP) is 2.65. The Kier molecular flexibility index (Phi) is 4.55. The second kappa shape index (κ2) is 5.49. The van der Waals surface area contributed by atoms with E-state index in [-0.39, 0.29) is 13.0 Å². The molecule has 1 rings (SSSR count). The first-order valence-electron chi connectivity index (χ1n) is 6.21. The van der Waals surface area contributed by atoms with E-state index in [4.69, 9.17) is 9.84 Å². The second-order valence-corrected chi connectivity index (χ2v) is 5.79. The standard InChI is InChI=1S/C12H18F3NO4/c1-11(2,3)20-10(19)16-5-4-7(9(17)18)6-8(16)12(13,14)15/h7-8H,4-6H2,1-3H3,(H,17,18)/t7-,8+/m0/s1. The van der Waals surface area contributed by atoms with Crippen LogP contribution < -0.4 is 0 Å². The molecular formula is C12H18F3NO4. The molecule has 0 saturated carbocycles. The first kappa shape index (κ1) is 16.6. The summed E-state index contributed by atoms with van der Waals surface area (Å²) in [7, 11) is 0. The monoisotopic (exact) mass is 297 g/mol. The SMILES string of the molecule is CC(C)(C)OC(=O)N1CC[C@H](C(=O)O)C[C@@H]1C(F)(F)F. The van der Waals surface area contributed by atoms with Crippen molar-refractivity contribution in [3.63, 3.8) is 0 Å². The third-order valence-electron chi connectivity index (χ3n) is 2.96. The predicted molar refractivity (Wildman–Crippen MR) is 63.1 cm³/mol. The highest BCUT2D eigenvalue weighted by Crippen LogP contribution is 2.35. The topological polar surface area (TPSA) is 66.8 Å². The lowest BCUT2D eigenvalue weighted by atomic mass is 9.91. The summed E-state index contributed by atoms with van der Waals surface area (Å²) in [5, 5.41) is 8.83. The fourth-order valence-corrected chi connectivity index (χ4v) is 2.04. The molecule has 8 heteroatoms. The molecule has 1 amide bonds. The van der Waals surface area contributed by atoms with Gasteiger partial charge in [0.2, 0.25) is 0 Å². The number of carboxylic acids is 1. The number of hydrogen-bond donors (Lipinski definition) is 1. The van der Waals surface area contributed by atoms with Crippen LogP contribution in [-0.2, 0) is 9.53 Å². The minimum absolute atomic E-state index is 0.0127. The minimum Gasteiger partial charge on any atom is -0.481 e. The molecule has 0 aliphatic carbocycles. The van der Waals surface area contributed by atoms with E-state index in [1.54, 1.807) is 20.8 Å². The van der Waals surface area contributed by atoms with Crippen molar-refractivity contribution in [1.82, 2.24) is 4.90 Å². The Bertz CT molecular complexity index is 389. The van der Waals surface area contributed by atoms with Gasteiger partial charge in [-0.2, -0.15) is 13.2 Å². The number of nitrogens with zero attached hydrogens (tertiary/aromatic N) is 1. The van der Waals surface area contributed by atoms with Crippen molar-refractivity contribution in [2.24, 2.45) is 5.92 Å². The van der Waals surface area contributed by atoms with Crippen LogP contribution in [0.3, 0.4) is 0 Å². The number of carbonyl (C=O) groups excluding carboxylic acids is 1. The summed E-state index contributed by atoms with van der Waals surface area (Å²) in [6.07, 6.45) is -6.40. The molecule has 0 spiro atoms. The molecule has 0 unspecified atom stereocenters. The Balaban J connectivity index is 2.89. The molecule has 2 atom stereocenters. The van der Waals surface area contributed by atoms with Crippen LogP contribution >= 0.6 is 0 Å². The molecule has 1 saturated heterocycles. The molecule has 0 aromatic carbocycles. The fourth-order valence-electron chi connectivity index (χ4n) is 2.04. The molecule has 1 aliphatic heterocycles. The summed E-state index contributed by atoms with van der Waals surface area (Å²) in [5.74, 6) is -2.37. The summed E-state index contributed by atoms with van der Waals surface area (Å²) in [6.45, 7) is 4.38. The minimum atomic E-state index is -4.68. The zero-order valence-electron chi connectivity index (χ0n) is 11.5. The van der Waals surface area contributed by atoms with Gasteiger partial charge < -0.3 is 9.84 Å². The Morgan fingerprint density at radius 2 is 1.80 bits per heavy atom. The van der Waals surface area contributed by atoms with Crippen LogP contribution in [0.5, 0.6) is 0 Å². The van der Waals surface area contributed by atoms with E-state index >= 15 is 0 Å². The lowest BCUT2D eigenvalue weighted by Gasteiger charge is -2.39. The van der Waals surface area contributed by atoms with E-state index in [1.165, 1.54) is 0 Å². The van der Waals surface area contributed by atoms with E-state index in [0.29, 0.717) is 4.90 Å². The number of halogens is 3. The zero-order chi connectivity index (χ0) is 15.7. The molecule has 1 fully saturated rings. The maximum absolute atomic E-state index is 13.0. The lowest BCUT2D eigenvalue weighted by molar-refractivity contribution is -0.194. The molecule has 1 aliphatic rings. The van der Waals surface area contributed by atoms with Crippen LogP contribution in [0.2, 0.25) is 0 Å². The Hall–Kier alpha value is -1.47. The highest BCUT2D eigenvalue weighted by Gasteiger charge is 2.50. The molecule has 0 radical (unpaired) electrons. The molecule has 1 N–H and O–H groups in total. The van der Waals surface area contributed by atoms with Gasteiger partial charge in [-0.25, -0.2) is 4.79 Å². The Morgan fingerprint density at radius 1 is 1.25 bits per heavy atom. The van der Waals surface area contributed by atoms with Crippen molar-refractivity contribution >= 4 is 12.1 Å². The quantitative estimate of drug-likeness (QED) is 0.808. The second-order valence-electron chi connectivity index (χ2n) is 5.79. The van der Waals surface area contributed by atoms with E-state index < -0.39 is 42.2 Å². The van der Waals surface area contributed by atoms with Gasteiger partial charge in [0.15, 0.2) is 0 Å². The fraction of sp³-hybridized carbons (Fsp3) is 0.833. The number of alkyl halides is 3. The summed E-state index contributed by atoms with van der Waals surface area (Å²) >= 11 is 0. The smallest absolute Gasteiger partial charge is 0.410 e. The molecule has 0 aromatic rings. The number of carbonyl (C=O) groups is 2. The van der Waals surface area contributed by atoms with Crippen LogP contribution in [0.1, 0.15) is 33.6 Å². The van der Waals surface area contributed by atoms with Crippen LogP contribution in [0.15, 0.2) is 0 Å². The van der Waals surface area contributed by atoms with E-state index in [1.807, 2.05) is 0 Å². The van der Waals surface area contributed by atoms with Gasteiger partial charge in [-0.3, -0.25) is 9.69 Å². The average Bonchev–Trinajstić information content (AvgIpc) is 2.24. The van der Waals surface area contributed by atoms with Crippen LogP contribution in [0, 0.1) is 5.92 Å². The Morgan fingerprint density at radius 3 is 2.20 bits per heavy atom. The van der Waals surface area contributed by atoms with Gasteiger partial charge in [0.1, 0.15) is 11.6 Å². The number of hydrogen-bond acceptors (Lipinski definition) is 3. The van der Waals surface area contributed by atoms with Gasteiger partial charge in [-0.1, -0.05) is 0 Å². The van der Waals surface area contributed by atoms with Crippen LogP contribution in [0.25, 0.3) is 0 Å². The summed E-state index contributed by atoms with van der Waals surface area (Å²) in [6, 6.07) is -2.12. The third kappa shape index (κ3) is 4.28. The molecule has 116 valence electrons. The van der Waals surface area contributed by atoms with Crippen molar-refractivity contribution in [2.75, 3.05) is 6.54 Å². The summed E-state index contributed by atoms with van der Waals surface area (Å²) < 4.78 is 43.9. The van der Waals surface area contributed by atoms with Crippen molar-refractivity contribution in [2.45, 2.75) is 51.4 Å². The molecule has 0 bridgehead atoms. The number of rotatable bonds is 1. The van der Waals surface area contributed by atoms with E-state index in [2.05, 4.69) is 0 Å². The highest BCUT2D eigenvalue weighted by atomic mass is 19.4. The molecular weight excluding hydrogens is 279 g/mol. The Labute approximate surface area is 114 Å². The first-order valence-corrected chi connectivity index (χ1v) is 6.21. The van der Waals surface area contributed by atoms with Gasteiger partial charge in [-0.05, 0) is 33.6 Å². The number of carboxylic acid groups (broad SMARTS) is 1. The largest absolute Gasteiger partial charge is 0.481 e. The number of likely N-dealkylation sites (tertiary alicyclic amines) is 1. The number of amides is 1. The number of piperidine rings is 1. The lowest BCUT2D eigenvalue weighted by Crippen LogP contribution is -2.55. The molecule has 5 nitrogen and oxygen atoms in total. The van der Waals surface area contributed by atoms with Crippen LogP contribution in [-0.4, -0.2) is 46.4 Å². The molecule has 1 heterocycles. The zero-order valence-corrected chi connectivity index (χ0v) is 11.5. The molecule has 20 heavy (non-hydrogen) atoms. The van der Waals surface area contributed by atoms with Gasteiger partial charge in [0.05, 0.1) is 5.92 Å². The average molecular weight is 297 g/mol. The van der Waals surface area contributed by atoms with Gasteiger partial charge in [0.25, 0.3) is 0 Å². The van der Waals surface area contributed by atoms with Crippen molar-refractivity contribution in [3.05, 3.63) is 0 Å². The molecule has 0 aromatic heterocycles. The maximum atomic E-state index is 13.0. The highest BCUT2D eigenvalue weighted by molar-refractivity contribution is 5.72. The van der Waals surface area contributed by atoms with Gasteiger partial charge in [0, 0.05) is 6.54 Å². The normalized spacial score (nSPS) is 24.4. The first-order chi connectivity index (χ1) is 8.92. The maximum Gasteiger partial charge on any atom is 0.410 e. The van der Waals surface area contributed by atoms with Crippen molar-refractivity contribution in [3.8, 4) is 0 Å². The summed E-state index contributed by atoms with van der Waals surface area (Å²) in [4.78, 5) is 23.2. The van der Waals surface area contributed by atoms with Gasteiger partial charge in [-0.15, -0.1) is 0 Å². The van der Waals surface area contributed by atoms with E-state index in [0.717, 1.165) is 0 Å². The number of aliphatic carboxylic acids is 1. The van der Waals surface area contributed by atoms with E-state index in [9.17, 15) is 22.8 Å². The summed E-state index contributed by atoms with van der Waals surface area (Å²) in [5.41, 5.74) is -0.906.